The molecule has 0 bridgehead atoms. The Hall–Kier alpha value is -3.67. The van der Waals surface area contributed by atoms with Gasteiger partial charge in [-0.05, 0) is 50.6 Å². The minimum atomic E-state index is -0.579. The molecule has 1 aromatic carbocycles. The smallest absolute Gasteiger partial charge is 0.229 e. The third-order valence-electron chi connectivity index (χ3n) is 7.68. The second kappa shape index (κ2) is 10.7. The highest BCUT2D eigenvalue weighted by Crippen LogP contribution is 2.29. The Morgan fingerprint density at radius 2 is 1.82 bits per heavy atom. The van der Waals surface area contributed by atoms with Crippen LogP contribution in [-0.2, 0) is 11.3 Å². The van der Waals surface area contributed by atoms with E-state index in [9.17, 15) is 0 Å². The molecule has 9 nitrogen and oxygen atoms in total. The molecule has 0 amide bonds. The highest BCUT2D eigenvalue weighted by Gasteiger charge is 2.31. The van der Waals surface area contributed by atoms with E-state index in [1.807, 2.05) is 24.0 Å². The summed E-state index contributed by atoms with van der Waals surface area (Å²) in [5.41, 5.74) is 2.74. The summed E-state index contributed by atoms with van der Waals surface area (Å²) >= 11 is 0. The molecule has 11 heteroatoms. The van der Waals surface area contributed by atoms with Crippen LogP contribution in [0.5, 0.6) is 0 Å². The Labute approximate surface area is 232 Å². The van der Waals surface area contributed by atoms with Crippen molar-refractivity contribution in [2.24, 2.45) is 0 Å². The number of aryl methyl sites for hydroxylation is 1. The molecule has 4 aromatic rings. The Morgan fingerprint density at radius 1 is 1.05 bits per heavy atom. The van der Waals surface area contributed by atoms with Crippen LogP contribution in [0.2, 0.25) is 0 Å². The minimum Gasteiger partial charge on any atom is -0.379 e. The van der Waals surface area contributed by atoms with Crippen LogP contribution < -0.4 is 15.5 Å². The predicted molar refractivity (Wildman–Crippen MR) is 151 cm³/mol. The first-order chi connectivity index (χ1) is 19.3. The molecule has 0 atom stereocenters. The van der Waals surface area contributed by atoms with Crippen LogP contribution >= 0.6 is 0 Å². The van der Waals surface area contributed by atoms with Crippen molar-refractivity contribution in [2.45, 2.75) is 32.9 Å². The van der Waals surface area contributed by atoms with E-state index >= 15 is 8.78 Å². The number of fused-ring (bicyclic) bond motifs is 1. The molecule has 0 unspecified atom stereocenters. The van der Waals surface area contributed by atoms with Crippen molar-refractivity contribution in [1.82, 2.24) is 29.7 Å². The van der Waals surface area contributed by atoms with Crippen LogP contribution in [0.25, 0.3) is 16.7 Å². The summed E-state index contributed by atoms with van der Waals surface area (Å²) in [6.45, 7) is 11.8. The topological polar surface area (TPSA) is 83.4 Å². The lowest BCUT2D eigenvalue weighted by Gasteiger charge is -2.44. The number of benzene rings is 1. The normalized spacial score (nSPS) is 17.9. The van der Waals surface area contributed by atoms with Crippen molar-refractivity contribution < 1.29 is 13.5 Å². The summed E-state index contributed by atoms with van der Waals surface area (Å²) < 4.78 is 37.2. The average Bonchev–Trinajstić information content (AvgIpc) is 3.35. The molecular formula is C29H34F2N8O. The van der Waals surface area contributed by atoms with Crippen molar-refractivity contribution in [2.75, 3.05) is 56.2 Å². The maximum Gasteiger partial charge on any atom is 0.229 e. The molecule has 210 valence electrons. The Morgan fingerprint density at radius 3 is 2.55 bits per heavy atom. The average molecular weight is 549 g/mol. The Bertz CT molecular complexity index is 1510. The predicted octanol–water partition coefficient (Wildman–Crippen LogP) is 4.17. The zero-order chi connectivity index (χ0) is 27.9. The Kier molecular flexibility index (Phi) is 7.11. The van der Waals surface area contributed by atoms with Crippen LogP contribution in [0.4, 0.5) is 26.2 Å². The maximum atomic E-state index is 15.1. The Balaban J connectivity index is 1.25. The quantitative estimate of drug-likeness (QED) is 0.372. The molecule has 2 fully saturated rings. The standard InChI is InChI=1S/C29H34F2N8O/c1-19-12-21(16-33-26(19)39-7-5-32-18-29(39,2)3)35-28-34-15-20-4-6-38(27(20)36-28)22-13-24(30)23(25(31)14-22)17-37-8-10-40-11-9-37/h4,6,12-16,32H,5,7-11,17-18H2,1-3H3,(H,34,35,36). The van der Waals surface area contributed by atoms with Crippen LogP contribution in [0.3, 0.4) is 0 Å². The van der Waals surface area contributed by atoms with Gasteiger partial charge in [-0.1, -0.05) is 0 Å². The second-order valence-corrected chi connectivity index (χ2v) is 11.1. The first-order valence-corrected chi connectivity index (χ1v) is 13.6. The van der Waals surface area contributed by atoms with E-state index in [1.54, 1.807) is 23.2 Å². The van der Waals surface area contributed by atoms with E-state index in [0.717, 1.165) is 42.1 Å². The third kappa shape index (κ3) is 5.24. The minimum absolute atomic E-state index is 0.0375. The number of anilines is 3. The van der Waals surface area contributed by atoms with Gasteiger partial charge in [-0.15, -0.1) is 0 Å². The largest absolute Gasteiger partial charge is 0.379 e. The summed E-state index contributed by atoms with van der Waals surface area (Å²) in [5, 5.41) is 7.44. The van der Waals surface area contributed by atoms with Crippen molar-refractivity contribution in [3.8, 4) is 5.69 Å². The second-order valence-electron chi connectivity index (χ2n) is 11.1. The van der Waals surface area contributed by atoms with E-state index < -0.39 is 11.6 Å². The van der Waals surface area contributed by atoms with Crippen LogP contribution in [0, 0.1) is 18.6 Å². The highest BCUT2D eigenvalue weighted by atomic mass is 19.1. The van der Waals surface area contributed by atoms with Crippen molar-refractivity contribution >= 4 is 28.5 Å². The number of rotatable bonds is 6. The number of piperazine rings is 1. The number of ether oxygens (including phenoxy) is 1. The van der Waals surface area contributed by atoms with E-state index in [2.05, 4.69) is 39.3 Å². The third-order valence-corrected chi connectivity index (χ3v) is 7.68. The molecule has 0 radical (unpaired) electrons. The zero-order valence-corrected chi connectivity index (χ0v) is 23.0. The first kappa shape index (κ1) is 26.5. The lowest BCUT2D eigenvalue weighted by Crippen LogP contribution is -2.58. The van der Waals surface area contributed by atoms with E-state index in [4.69, 9.17) is 9.72 Å². The number of halogens is 2. The van der Waals surface area contributed by atoms with Crippen LogP contribution in [0.15, 0.2) is 42.9 Å². The molecule has 6 rings (SSSR count). The van der Waals surface area contributed by atoms with Crippen molar-refractivity contribution in [3.63, 3.8) is 0 Å². The van der Waals surface area contributed by atoms with E-state index in [-0.39, 0.29) is 17.6 Å². The van der Waals surface area contributed by atoms with Gasteiger partial charge in [-0.25, -0.2) is 18.7 Å². The molecule has 2 saturated heterocycles. The van der Waals surface area contributed by atoms with Gasteiger partial charge in [-0.3, -0.25) is 4.90 Å². The fraction of sp³-hybridized carbons (Fsp3) is 0.414. The molecule has 0 saturated carbocycles. The number of aromatic nitrogens is 4. The molecule has 0 spiro atoms. The van der Waals surface area contributed by atoms with Gasteiger partial charge in [0.05, 0.1) is 30.8 Å². The summed E-state index contributed by atoms with van der Waals surface area (Å²) in [6.07, 6.45) is 5.22. The first-order valence-electron chi connectivity index (χ1n) is 13.6. The molecule has 5 heterocycles. The fourth-order valence-corrected chi connectivity index (χ4v) is 5.47. The monoisotopic (exact) mass is 548 g/mol. The SMILES string of the molecule is Cc1cc(Nc2ncc3ccn(-c4cc(F)c(CN5CCOCC5)c(F)c4)c3n2)cnc1N1CCNCC1(C)C. The van der Waals surface area contributed by atoms with Gasteiger partial charge >= 0.3 is 0 Å². The fourth-order valence-electron chi connectivity index (χ4n) is 5.47. The molecule has 2 aliphatic rings. The van der Waals surface area contributed by atoms with Gasteiger partial charge in [0.25, 0.3) is 0 Å². The number of nitrogens with one attached hydrogen (secondary N) is 2. The van der Waals surface area contributed by atoms with Crippen molar-refractivity contribution in [1.29, 1.82) is 0 Å². The number of hydrogen-bond donors (Lipinski definition) is 2. The summed E-state index contributed by atoms with van der Waals surface area (Å²) in [7, 11) is 0. The molecular weight excluding hydrogens is 514 g/mol. The van der Waals surface area contributed by atoms with E-state index in [1.165, 1.54) is 12.1 Å². The molecule has 0 aliphatic carbocycles. The lowest BCUT2D eigenvalue weighted by atomic mass is 9.99. The highest BCUT2D eigenvalue weighted by molar-refractivity contribution is 5.79. The molecule has 2 N–H and O–H groups in total. The van der Waals surface area contributed by atoms with Gasteiger partial charge in [0.2, 0.25) is 5.95 Å². The number of hydrogen-bond acceptors (Lipinski definition) is 8. The molecule has 3 aromatic heterocycles. The van der Waals surface area contributed by atoms with E-state index in [0.29, 0.717) is 43.6 Å². The van der Waals surface area contributed by atoms with Gasteiger partial charge in [0, 0.05) is 68.2 Å². The number of pyridine rings is 1. The number of nitrogens with zero attached hydrogens (tertiary/aromatic N) is 6. The van der Waals surface area contributed by atoms with Gasteiger partial charge in [-0.2, -0.15) is 4.98 Å². The number of morpholine rings is 1. The lowest BCUT2D eigenvalue weighted by molar-refractivity contribution is 0.0332. The molecule has 2 aliphatic heterocycles. The van der Waals surface area contributed by atoms with Gasteiger partial charge < -0.3 is 24.8 Å². The summed E-state index contributed by atoms with van der Waals surface area (Å²) in [6, 6.07) is 6.57. The molecule has 40 heavy (non-hydrogen) atoms. The summed E-state index contributed by atoms with van der Waals surface area (Å²) in [5.74, 6) is 0.173. The van der Waals surface area contributed by atoms with Crippen LogP contribution in [0.1, 0.15) is 25.0 Å². The van der Waals surface area contributed by atoms with Crippen LogP contribution in [-0.4, -0.2) is 75.9 Å². The van der Waals surface area contributed by atoms with Gasteiger partial charge in [0.15, 0.2) is 0 Å². The van der Waals surface area contributed by atoms with Gasteiger partial charge in [0.1, 0.15) is 23.1 Å². The summed E-state index contributed by atoms with van der Waals surface area (Å²) in [4.78, 5) is 18.2. The zero-order valence-electron chi connectivity index (χ0n) is 23.0. The maximum absolute atomic E-state index is 15.1. The van der Waals surface area contributed by atoms with Crippen molar-refractivity contribution in [3.05, 3.63) is 65.6 Å².